The van der Waals surface area contributed by atoms with E-state index in [2.05, 4.69) is 37.2 Å². The summed E-state index contributed by atoms with van der Waals surface area (Å²) in [6.07, 6.45) is 0. The molecule has 0 atom stereocenters. The summed E-state index contributed by atoms with van der Waals surface area (Å²) < 4.78 is 1.70. The van der Waals surface area contributed by atoms with E-state index in [9.17, 15) is 10.1 Å². The highest BCUT2D eigenvalue weighted by molar-refractivity contribution is 9.10. The van der Waals surface area contributed by atoms with E-state index in [1.165, 1.54) is 6.07 Å². The molecule has 0 aromatic heterocycles. The zero-order chi connectivity index (χ0) is 14.7. The van der Waals surface area contributed by atoms with E-state index in [-0.39, 0.29) is 5.69 Å². The van der Waals surface area contributed by atoms with Crippen molar-refractivity contribution in [1.29, 1.82) is 0 Å². The van der Waals surface area contributed by atoms with Gasteiger partial charge in [-0.3, -0.25) is 10.1 Å². The molecule has 0 heterocycles. The zero-order valence-corrected chi connectivity index (χ0v) is 13.9. The molecule has 2 rings (SSSR count). The lowest BCUT2D eigenvalue weighted by atomic mass is 10.2. The van der Waals surface area contributed by atoms with Crippen LogP contribution in [0.25, 0.3) is 0 Å². The number of halogens is 2. The molecule has 0 aliphatic heterocycles. The molecular weight excluding hydrogens is 388 g/mol. The fraction of sp³-hybridized carbons (Fsp3) is 0.143. The Morgan fingerprint density at radius 2 is 1.80 bits per heavy atom. The van der Waals surface area contributed by atoms with Crippen molar-refractivity contribution in [3.8, 4) is 0 Å². The number of hydrogen-bond donors (Lipinski definition) is 1. The monoisotopic (exact) mass is 398 g/mol. The standard InChI is InChI=1S/C14H12Br2N2O2/c1-9-2-11(15)6-13(3-9)17-8-10-4-12(16)7-14(5-10)18(19)20/h2-7,17H,8H2,1H3. The van der Waals surface area contributed by atoms with Crippen molar-refractivity contribution in [3.63, 3.8) is 0 Å². The lowest BCUT2D eigenvalue weighted by Gasteiger charge is -2.08. The van der Waals surface area contributed by atoms with Crippen LogP contribution in [0.1, 0.15) is 11.1 Å². The largest absolute Gasteiger partial charge is 0.381 e. The molecule has 6 heteroatoms. The molecule has 0 radical (unpaired) electrons. The van der Waals surface area contributed by atoms with Crippen LogP contribution in [-0.4, -0.2) is 4.92 Å². The molecule has 0 unspecified atom stereocenters. The first-order chi connectivity index (χ1) is 9.44. The SMILES string of the molecule is Cc1cc(Br)cc(NCc2cc(Br)cc([N+](=O)[O-])c2)c1. The number of non-ortho nitro benzene ring substituents is 1. The predicted octanol–water partition coefficient (Wildman–Crippen LogP) is 5.04. The van der Waals surface area contributed by atoms with Crippen LogP contribution in [0.15, 0.2) is 45.3 Å². The number of anilines is 1. The van der Waals surface area contributed by atoms with Crippen LogP contribution in [0.4, 0.5) is 11.4 Å². The Kier molecular flexibility index (Phi) is 4.77. The van der Waals surface area contributed by atoms with Crippen LogP contribution in [0, 0.1) is 17.0 Å². The lowest BCUT2D eigenvalue weighted by Crippen LogP contribution is -2.01. The highest BCUT2D eigenvalue weighted by Gasteiger charge is 2.08. The Bertz CT molecular complexity index is 639. The first-order valence-corrected chi connectivity index (χ1v) is 7.47. The summed E-state index contributed by atoms with van der Waals surface area (Å²) in [6.45, 7) is 2.54. The van der Waals surface area contributed by atoms with Gasteiger partial charge in [0.2, 0.25) is 0 Å². The van der Waals surface area contributed by atoms with Crippen LogP contribution in [0.3, 0.4) is 0 Å². The number of aryl methyl sites for hydroxylation is 1. The van der Waals surface area contributed by atoms with Gasteiger partial charge in [-0.05, 0) is 42.3 Å². The van der Waals surface area contributed by atoms with Gasteiger partial charge in [0.15, 0.2) is 0 Å². The second-order valence-corrected chi connectivity index (χ2v) is 6.28. The van der Waals surface area contributed by atoms with Crippen molar-refractivity contribution < 1.29 is 4.92 Å². The van der Waals surface area contributed by atoms with Gasteiger partial charge in [0.05, 0.1) is 4.92 Å². The Hall–Kier alpha value is -1.40. The fourth-order valence-corrected chi connectivity index (χ4v) is 3.02. The molecule has 0 aliphatic rings. The van der Waals surface area contributed by atoms with Crippen molar-refractivity contribution in [2.45, 2.75) is 13.5 Å². The predicted molar refractivity (Wildman–Crippen MR) is 87.0 cm³/mol. The number of nitro benzene ring substituents is 1. The van der Waals surface area contributed by atoms with E-state index in [1.807, 2.05) is 31.2 Å². The van der Waals surface area contributed by atoms with Crippen LogP contribution in [0.2, 0.25) is 0 Å². The normalized spacial score (nSPS) is 10.3. The summed E-state index contributed by atoms with van der Waals surface area (Å²) >= 11 is 6.74. The van der Waals surface area contributed by atoms with Gasteiger partial charge in [-0.2, -0.15) is 0 Å². The molecule has 0 saturated carbocycles. The van der Waals surface area contributed by atoms with Crippen LogP contribution < -0.4 is 5.32 Å². The average molecular weight is 400 g/mol. The summed E-state index contributed by atoms with van der Waals surface area (Å²) in [5, 5.41) is 14.1. The molecule has 0 amide bonds. The highest BCUT2D eigenvalue weighted by atomic mass is 79.9. The Labute approximate surface area is 133 Å². The Morgan fingerprint density at radius 3 is 2.45 bits per heavy atom. The number of rotatable bonds is 4. The molecule has 1 N–H and O–H groups in total. The van der Waals surface area contributed by atoms with E-state index < -0.39 is 4.92 Å². The first-order valence-electron chi connectivity index (χ1n) is 5.89. The zero-order valence-electron chi connectivity index (χ0n) is 10.7. The van der Waals surface area contributed by atoms with E-state index in [0.717, 1.165) is 21.3 Å². The minimum Gasteiger partial charge on any atom is -0.381 e. The summed E-state index contributed by atoms with van der Waals surface area (Å²) in [5.41, 5.74) is 3.05. The van der Waals surface area contributed by atoms with Gasteiger partial charge in [0.1, 0.15) is 0 Å². The molecule has 0 bridgehead atoms. The number of benzene rings is 2. The van der Waals surface area contributed by atoms with E-state index in [4.69, 9.17) is 0 Å². The van der Waals surface area contributed by atoms with Gasteiger partial charge in [0, 0.05) is 33.3 Å². The number of nitro groups is 1. The minimum absolute atomic E-state index is 0.0848. The third-order valence-corrected chi connectivity index (χ3v) is 3.61. The van der Waals surface area contributed by atoms with E-state index >= 15 is 0 Å². The maximum Gasteiger partial charge on any atom is 0.270 e. The minimum atomic E-state index is -0.391. The highest BCUT2D eigenvalue weighted by Crippen LogP contribution is 2.23. The first kappa shape index (κ1) is 15.0. The van der Waals surface area contributed by atoms with Gasteiger partial charge in [0.25, 0.3) is 5.69 Å². The molecular formula is C14H12Br2N2O2. The van der Waals surface area contributed by atoms with Crippen LogP contribution >= 0.6 is 31.9 Å². The van der Waals surface area contributed by atoms with Gasteiger partial charge in [-0.25, -0.2) is 0 Å². The van der Waals surface area contributed by atoms with Gasteiger partial charge in [-0.15, -0.1) is 0 Å². The van der Waals surface area contributed by atoms with Crippen molar-refractivity contribution in [2.24, 2.45) is 0 Å². The quantitative estimate of drug-likeness (QED) is 0.578. The van der Waals surface area contributed by atoms with E-state index in [1.54, 1.807) is 6.07 Å². The van der Waals surface area contributed by atoms with E-state index in [0.29, 0.717) is 11.0 Å². The topological polar surface area (TPSA) is 55.2 Å². The number of hydrogen-bond acceptors (Lipinski definition) is 3. The molecule has 0 saturated heterocycles. The second kappa shape index (κ2) is 6.37. The molecule has 2 aromatic rings. The van der Waals surface area contributed by atoms with Crippen molar-refractivity contribution in [3.05, 3.63) is 66.6 Å². The summed E-state index contributed by atoms with van der Waals surface area (Å²) in [4.78, 5) is 10.4. The second-order valence-electron chi connectivity index (χ2n) is 4.45. The van der Waals surface area contributed by atoms with Crippen molar-refractivity contribution in [1.82, 2.24) is 0 Å². The molecule has 104 valence electrons. The summed E-state index contributed by atoms with van der Waals surface area (Å²) in [5.74, 6) is 0. The molecule has 2 aromatic carbocycles. The Morgan fingerprint density at radius 1 is 1.10 bits per heavy atom. The molecule has 0 aliphatic carbocycles. The van der Waals surface area contributed by atoms with Gasteiger partial charge in [-0.1, -0.05) is 31.9 Å². The van der Waals surface area contributed by atoms with Gasteiger partial charge >= 0.3 is 0 Å². The van der Waals surface area contributed by atoms with Crippen molar-refractivity contribution in [2.75, 3.05) is 5.32 Å². The maximum atomic E-state index is 10.8. The molecule has 0 fully saturated rings. The molecule has 0 spiro atoms. The van der Waals surface area contributed by atoms with Gasteiger partial charge < -0.3 is 5.32 Å². The third-order valence-electron chi connectivity index (χ3n) is 2.69. The lowest BCUT2D eigenvalue weighted by molar-refractivity contribution is -0.385. The summed E-state index contributed by atoms with van der Waals surface area (Å²) in [6, 6.07) is 11.0. The molecule has 20 heavy (non-hydrogen) atoms. The summed E-state index contributed by atoms with van der Waals surface area (Å²) in [7, 11) is 0. The third kappa shape index (κ3) is 4.05. The van der Waals surface area contributed by atoms with Crippen LogP contribution in [0.5, 0.6) is 0 Å². The van der Waals surface area contributed by atoms with Crippen molar-refractivity contribution >= 4 is 43.2 Å². The smallest absolute Gasteiger partial charge is 0.270 e. The average Bonchev–Trinajstić information content (AvgIpc) is 2.34. The Balaban J connectivity index is 2.16. The number of nitrogens with zero attached hydrogens (tertiary/aromatic N) is 1. The number of nitrogens with one attached hydrogen (secondary N) is 1. The maximum absolute atomic E-state index is 10.8. The van der Waals surface area contributed by atoms with Crippen LogP contribution in [-0.2, 0) is 6.54 Å². The fourth-order valence-electron chi connectivity index (χ4n) is 1.88. The molecule has 4 nitrogen and oxygen atoms in total.